The molecule has 0 amide bonds. The number of phenols is 6. The number of benzene rings is 10. The molecule has 0 spiro atoms. The molecule has 10 aromatic carbocycles. The van der Waals surface area contributed by atoms with E-state index in [2.05, 4.69) is 9.47 Å². The molecule has 0 aromatic heterocycles. The van der Waals surface area contributed by atoms with Crippen molar-refractivity contribution in [2.24, 2.45) is 0 Å². The first-order valence-corrected chi connectivity index (χ1v) is 31.4. The van der Waals surface area contributed by atoms with E-state index in [-0.39, 0.29) is 100 Å². The maximum atomic E-state index is 12.0. The van der Waals surface area contributed by atoms with E-state index in [0.717, 1.165) is 71.8 Å². The summed E-state index contributed by atoms with van der Waals surface area (Å²) in [6.07, 6.45) is 0. The Morgan fingerprint density at radius 2 is 0.558 bits per heavy atom. The van der Waals surface area contributed by atoms with Crippen LogP contribution in [0, 0.1) is 50.6 Å². The van der Waals surface area contributed by atoms with Gasteiger partial charge in [0.2, 0.25) is 28.7 Å². The molecule has 0 atom stereocenters. The van der Waals surface area contributed by atoms with Crippen molar-refractivity contribution in [2.45, 2.75) is 26.4 Å². The first-order chi connectivity index (χ1) is 53.6. The average Bonchev–Trinajstić information content (AvgIpc) is 0.889. The van der Waals surface area contributed by atoms with Gasteiger partial charge in [-0.1, -0.05) is 121 Å². The number of carboxylic acid groups (broad SMARTS) is 4. The van der Waals surface area contributed by atoms with Crippen molar-refractivity contribution in [3.8, 4) is 69.0 Å². The fourth-order valence-corrected chi connectivity index (χ4v) is 8.91. The Hall–Kier alpha value is -16.4. The van der Waals surface area contributed by atoms with E-state index >= 15 is 0 Å². The standard InChI is InChI=1S/C22H19NO6.C21H17NO6.2C8H7NO6.C8H8O4.C7H5NO6/c1-27-22(24)18-12-19(23(25)26)21(29-15-17-10-6-3-7-11-17)20(13-18)28-14-16-8-4-2-5-9-16;23-21(24)17-11-18(22(25)26)20(28-14-16-9-5-2-6-10-16)19(12-17)27-13-15-7-3-1-4-8-15;1-15-6-3-4(8(11)12)2-5(7(6)10)9(13)14;1-15-8(12)4-2-5(9(13)14)7(11)6(10)3-4;1-12-7-4-5(8(10)11)2-3-6(7)9;9-5-2-3(7(11)12)1-4(6(5)10)8(13)14/h2-13H,14-15H2,1H3;1-12H,13-14H2,(H,23,24);2-3,10H,1H3,(H,11,12);2-3,10-11H,1H3;2-4,9H,1H3,(H,10,11);1-2,9-10H,(H,11,12). The Kier molecular flexibility index (Phi) is 32.5. The number of aromatic hydroxyl groups is 6. The van der Waals surface area contributed by atoms with Crippen LogP contribution in [0.15, 0.2) is 200 Å². The lowest BCUT2D eigenvalue weighted by molar-refractivity contribution is -0.386. The zero-order chi connectivity index (χ0) is 83.8. The van der Waals surface area contributed by atoms with Crippen LogP contribution in [0.3, 0.4) is 0 Å². The Morgan fingerprint density at radius 1 is 0.292 bits per heavy atom. The van der Waals surface area contributed by atoms with Crippen molar-refractivity contribution >= 4 is 64.3 Å². The Morgan fingerprint density at radius 3 is 0.885 bits per heavy atom. The minimum Gasteiger partial charge on any atom is -0.504 e. The Balaban J connectivity index is 0.000000251. The molecule has 0 saturated heterocycles. The summed E-state index contributed by atoms with van der Waals surface area (Å²) < 4.78 is 41.3. The molecule has 39 heteroatoms. The summed E-state index contributed by atoms with van der Waals surface area (Å²) in [4.78, 5) is 116. The molecule has 0 heterocycles. The summed E-state index contributed by atoms with van der Waals surface area (Å²) >= 11 is 0. The molecule has 0 aliphatic heterocycles. The molecule has 0 bridgehead atoms. The van der Waals surface area contributed by atoms with Crippen molar-refractivity contribution in [2.75, 3.05) is 28.4 Å². The van der Waals surface area contributed by atoms with Gasteiger partial charge in [0.25, 0.3) is 0 Å². The number of carbonyl (C=O) groups is 6. The number of hydrogen-bond acceptors (Lipinski definition) is 30. The van der Waals surface area contributed by atoms with Crippen molar-refractivity contribution in [3.63, 3.8) is 0 Å². The monoisotopic (exact) mass is 1570 g/mol. The summed E-state index contributed by atoms with van der Waals surface area (Å²) in [5.74, 6) is -10.9. The smallest absolute Gasteiger partial charge is 0.338 e. The SMILES string of the molecule is COC(=O)c1cc(O)c(O)c([N+](=O)[O-])c1.COC(=O)c1cc(OCc2ccccc2)c(OCc2ccccc2)c([N+](=O)[O-])c1.COc1cc(C(=O)O)cc([N+](=O)[O-])c1O.COc1cc(C(=O)O)ccc1O.O=C(O)c1cc(O)c(O)c([N+](=O)[O-])c1.O=C(O)c1cc(OCc2ccccc2)c(OCc2ccccc2)c([N+](=O)[O-])c1. The van der Waals surface area contributed by atoms with Crippen LogP contribution in [-0.2, 0) is 35.9 Å². The molecule has 0 fully saturated rings. The number of carbonyl (C=O) groups excluding carboxylic acids is 2. The third-order valence-electron chi connectivity index (χ3n) is 14.4. The van der Waals surface area contributed by atoms with E-state index < -0.39 is 117 Å². The maximum Gasteiger partial charge on any atom is 0.338 e. The van der Waals surface area contributed by atoms with Gasteiger partial charge in [-0.25, -0.2) is 28.8 Å². The van der Waals surface area contributed by atoms with Gasteiger partial charge in [0.1, 0.15) is 26.4 Å². The Bertz CT molecular complexity index is 5110. The lowest BCUT2D eigenvalue weighted by Gasteiger charge is -2.14. The van der Waals surface area contributed by atoms with E-state index in [1.54, 1.807) is 0 Å². The number of rotatable bonds is 25. The second-order valence-electron chi connectivity index (χ2n) is 21.9. The zero-order valence-electron chi connectivity index (χ0n) is 58.9. The van der Waals surface area contributed by atoms with Crippen molar-refractivity contribution in [1.82, 2.24) is 0 Å². The summed E-state index contributed by atoms with van der Waals surface area (Å²) in [5.41, 5.74) is -0.924. The van der Waals surface area contributed by atoms with Crippen LogP contribution in [0.1, 0.15) is 84.4 Å². The maximum absolute atomic E-state index is 12.0. The third kappa shape index (κ3) is 25.7. The molecule has 0 aliphatic rings. The topological polar surface area (TPSA) is 594 Å². The molecule has 0 radical (unpaired) electrons. The number of hydrogen-bond donors (Lipinski definition) is 10. The minimum atomic E-state index is -1.43. The van der Waals surface area contributed by atoms with Gasteiger partial charge in [0.15, 0.2) is 40.2 Å². The highest BCUT2D eigenvalue weighted by atomic mass is 16.7. The largest absolute Gasteiger partial charge is 0.504 e. The van der Waals surface area contributed by atoms with Crippen LogP contribution < -0.4 is 28.4 Å². The van der Waals surface area contributed by atoms with Crippen LogP contribution >= 0.6 is 0 Å². The molecular weight excluding hydrogens is 1500 g/mol. The van der Waals surface area contributed by atoms with Gasteiger partial charge in [0, 0.05) is 30.3 Å². The molecule has 10 aromatic rings. The molecular formula is C74H63N5O34. The normalized spacial score (nSPS) is 9.95. The number of methoxy groups -OCH3 is 4. The van der Waals surface area contributed by atoms with Gasteiger partial charge in [-0.2, -0.15) is 0 Å². The second-order valence-corrected chi connectivity index (χ2v) is 21.9. The molecule has 588 valence electrons. The van der Waals surface area contributed by atoms with Crippen LogP contribution in [-0.4, -0.2) is 140 Å². The molecule has 0 saturated carbocycles. The number of nitro groups is 5. The number of esters is 2. The highest BCUT2D eigenvalue weighted by Crippen LogP contribution is 2.43. The van der Waals surface area contributed by atoms with Crippen molar-refractivity contribution in [1.29, 1.82) is 0 Å². The first-order valence-electron chi connectivity index (χ1n) is 31.4. The second kappa shape index (κ2) is 42.1. The lowest BCUT2D eigenvalue weighted by Crippen LogP contribution is -2.07. The van der Waals surface area contributed by atoms with E-state index in [0.29, 0.717) is 6.07 Å². The molecule has 0 unspecified atom stereocenters. The fraction of sp³-hybridized carbons (Fsp3) is 0.108. The van der Waals surface area contributed by atoms with Crippen molar-refractivity contribution < 1.29 is 142 Å². The van der Waals surface area contributed by atoms with Gasteiger partial charge < -0.3 is 89.0 Å². The summed E-state index contributed by atoms with van der Waals surface area (Å²) in [7, 11) is 4.83. The predicted molar refractivity (Wildman–Crippen MR) is 389 cm³/mol. The molecule has 113 heavy (non-hydrogen) atoms. The quantitative estimate of drug-likeness (QED) is 0.0110. The number of carboxylic acids is 4. The van der Waals surface area contributed by atoms with E-state index in [4.69, 9.17) is 69.3 Å². The predicted octanol–water partition coefficient (Wildman–Crippen LogP) is 12.6. The summed E-state index contributed by atoms with van der Waals surface area (Å²) in [6, 6.07) is 50.3. The number of aromatic carboxylic acids is 4. The summed E-state index contributed by atoms with van der Waals surface area (Å²) in [6.45, 7) is 0.462. The van der Waals surface area contributed by atoms with E-state index in [1.807, 2.05) is 121 Å². The zero-order valence-corrected chi connectivity index (χ0v) is 58.9. The lowest BCUT2D eigenvalue weighted by atomic mass is 10.1. The number of nitrogens with zero attached hydrogens (tertiary/aromatic N) is 5. The molecule has 0 aliphatic carbocycles. The number of nitro benzene ring substituents is 5. The highest BCUT2D eigenvalue weighted by molar-refractivity contribution is 5.93. The Labute approximate surface area is 634 Å². The van der Waals surface area contributed by atoms with Crippen molar-refractivity contribution in [3.05, 3.63) is 306 Å². The van der Waals surface area contributed by atoms with Crippen LogP contribution in [0.25, 0.3) is 0 Å². The molecule has 39 nitrogen and oxygen atoms in total. The van der Waals surface area contributed by atoms with Gasteiger partial charge in [-0.05, 0) is 70.8 Å². The molecule has 10 rings (SSSR count). The number of phenolic OH excluding ortho intramolecular Hbond substituents is 6. The fourth-order valence-electron chi connectivity index (χ4n) is 8.91. The van der Waals surface area contributed by atoms with Gasteiger partial charge in [-0.15, -0.1) is 0 Å². The first kappa shape index (κ1) is 87.3. The van der Waals surface area contributed by atoms with Crippen LogP contribution in [0.4, 0.5) is 28.4 Å². The van der Waals surface area contributed by atoms with E-state index in [1.165, 1.54) is 51.7 Å². The average molecular weight is 1570 g/mol. The number of ether oxygens (including phenoxy) is 8. The van der Waals surface area contributed by atoms with Gasteiger partial charge in [-0.3, -0.25) is 50.6 Å². The van der Waals surface area contributed by atoms with Crippen LogP contribution in [0.5, 0.6) is 69.0 Å². The highest BCUT2D eigenvalue weighted by Gasteiger charge is 2.29. The minimum absolute atomic E-state index is 0.00591. The third-order valence-corrected chi connectivity index (χ3v) is 14.4. The molecule has 10 N–H and O–H groups in total. The van der Waals surface area contributed by atoms with Gasteiger partial charge in [0.05, 0.1) is 86.4 Å². The van der Waals surface area contributed by atoms with E-state index in [9.17, 15) is 89.6 Å². The van der Waals surface area contributed by atoms with Crippen LogP contribution in [0.2, 0.25) is 0 Å². The van der Waals surface area contributed by atoms with Gasteiger partial charge >= 0.3 is 64.3 Å². The summed E-state index contributed by atoms with van der Waals surface area (Å²) in [5, 5.41) is 144.